The van der Waals surface area contributed by atoms with Gasteiger partial charge in [-0.05, 0) is 12.1 Å². The topological polar surface area (TPSA) is 53.2 Å². The molecule has 0 aliphatic heterocycles. The first kappa shape index (κ1) is 13.8. The number of para-hydroxylation sites is 1. The predicted molar refractivity (Wildman–Crippen MR) is 71.6 cm³/mol. The molecule has 0 aromatic heterocycles. The molecular weight excluding hydrogens is 238 g/mol. The van der Waals surface area contributed by atoms with Crippen LogP contribution >= 0.6 is 11.6 Å². The Hall–Kier alpha value is -1.26. The van der Waals surface area contributed by atoms with Gasteiger partial charge in [-0.3, -0.25) is 0 Å². The van der Waals surface area contributed by atoms with E-state index in [1.54, 1.807) is 12.1 Å². The van der Waals surface area contributed by atoms with Crippen LogP contribution in [0.1, 0.15) is 13.8 Å². The molecule has 0 aliphatic carbocycles. The van der Waals surface area contributed by atoms with Gasteiger partial charge in [0.15, 0.2) is 0 Å². The third-order valence-electron chi connectivity index (χ3n) is 2.09. The normalized spacial score (nSPS) is 10.4. The predicted octanol–water partition coefficient (Wildman–Crippen LogP) is 2.46. The van der Waals surface area contributed by atoms with Crippen LogP contribution in [0.5, 0.6) is 0 Å². The molecule has 5 heteroatoms. The van der Waals surface area contributed by atoms with Gasteiger partial charge in [0.05, 0.1) is 10.7 Å². The number of nitrogens with one attached hydrogen (secondary N) is 3. The highest BCUT2D eigenvalue weighted by atomic mass is 35.5. The number of carbonyl (C=O) groups is 1. The molecule has 0 aliphatic rings. The number of carbonyl (C=O) groups excluding carboxylic acids is 1. The van der Waals surface area contributed by atoms with Crippen LogP contribution in [-0.4, -0.2) is 25.2 Å². The highest BCUT2D eigenvalue weighted by Gasteiger charge is 2.03. The SMILES string of the molecule is CC(C)NCCNC(=O)Nc1ccccc1Cl. The summed E-state index contributed by atoms with van der Waals surface area (Å²) in [5.41, 5.74) is 0.614. The van der Waals surface area contributed by atoms with Gasteiger partial charge in [-0.2, -0.15) is 0 Å². The monoisotopic (exact) mass is 255 g/mol. The first-order valence-electron chi connectivity index (χ1n) is 5.62. The van der Waals surface area contributed by atoms with Crippen LogP contribution < -0.4 is 16.0 Å². The van der Waals surface area contributed by atoms with Crippen molar-refractivity contribution < 1.29 is 4.79 Å². The van der Waals surface area contributed by atoms with Crippen LogP contribution in [0.25, 0.3) is 0 Å². The van der Waals surface area contributed by atoms with Gasteiger partial charge in [-0.1, -0.05) is 37.6 Å². The van der Waals surface area contributed by atoms with Crippen molar-refractivity contribution in [2.24, 2.45) is 0 Å². The van der Waals surface area contributed by atoms with Gasteiger partial charge in [0.1, 0.15) is 0 Å². The Morgan fingerprint density at radius 3 is 2.65 bits per heavy atom. The summed E-state index contributed by atoms with van der Waals surface area (Å²) in [5.74, 6) is 0. The molecule has 3 N–H and O–H groups in total. The fourth-order valence-electron chi connectivity index (χ4n) is 1.27. The summed E-state index contributed by atoms with van der Waals surface area (Å²) in [4.78, 5) is 11.5. The lowest BCUT2D eigenvalue weighted by Gasteiger charge is -2.10. The van der Waals surface area contributed by atoms with Crippen molar-refractivity contribution in [2.45, 2.75) is 19.9 Å². The van der Waals surface area contributed by atoms with E-state index in [9.17, 15) is 4.79 Å². The first-order chi connectivity index (χ1) is 8.09. The zero-order valence-electron chi connectivity index (χ0n) is 10.1. The lowest BCUT2D eigenvalue weighted by Crippen LogP contribution is -2.36. The van der Waals surface area contributed by atoms with Crippen LogP contribution in [0, 0.1) is 0 Å². The van der Waals surface area contributed by atoms with Crippen LogP contribution in [-0.2, 0) is 0 Å². The van der Waals surface area contributed by atoms with E-state index < -0.39 is 0 Å². The van der Waals surface area contributed by atoms with Crippen molar-refractivity contribution in [3.63, 3.8) is 0 Å². The Morgan fingerprint density at radius 1 is 1.29 bits per heavy atom. The molecule has 2 amide bonds. The lowest BCUT2D eigenvalue weighted by molar-refractivity contribution is 0.252. The summed E-state index contributed by atoms with van der Waals surface area (Å²) >= 11 is 5.92. The van der Waals surface area contributed by atoms with Gasteiger partial charge in [0.2, 0.25) is 0 Å². The Labute approximate surface area is 107 Å². The van der Waals surface area contributed by atoms with Crippen LogP contribution in [0.3, 0.4) is 0 Å². The largest absolute Gasteiger partial charge is 0.337 e. The average Bonchev–Trinajstić information content (AvgIpc) is 2.27. The summed E-state index contributed by atoms with van der Waals surface area (Å²) in [6, 6.07) is 7.30. The summed E-state index contributed by atoms with van der Waals surface area (Å²) in [6.45, 7) is 5.44. The lowest BCUT2D eigenvalue weighted by atomic mass is 10.3. The maximum Gasteiger partial charge on any atom is 0.319 e. The minimum atomic E-state index is -0.247. The summed E-state index contributed by atoms with van der Waals surface area (Å²) in [6.07, 6.45) is 0. The maximum absolute atomic E-state index is 11.5. The fraction of sp³-hybridized carbons (Fsp3) is 0.417. The second-order valence-corrected chi connectivity index (χ2v) is 4.38. The van der Waals surface area contributed by atoms with Crippen LogP contribution in [0.4, 0.5) is 10.5 Å². The molecule has 0 bridgehead atoms. The zero-order valence-corrected chi connectivity index (χ0v) is 10.8. The maximum atomic E-state index is 11.5. The number of anilines is 1. The van der Waals surface area contributed by atoms with Crippen molar-refractivity contribution in [1.29, 1.82) is 0 Å². The Balaban J connectivity index is 2.28. The van der Waals surface area contributed by atoms with Gasteiger partial charge in [-0.25, -0.2) is 4.79 Å². The highest BCUT2D eigenvalue weighted by molar-refractivity contribution is 6.33. The molecule has 0 radical (unpaired) electrons. The van der Waals surface area contributed by atoms with E-state index in [1.165, 1.54) is 0 Å². The molecule has 0 spiro atoms. The molecular formula is C12H18ClN3O. The van der Waals surface area contributed by atoms with E-state index >= 15 is 0 Å². The van der Waals surface area contributed by atoms with Crippen molar-refractivity contribution in [3.8, 4) is 0 Å². The molecule has 0 fully saturated rings. The van der Waals surface area contributed by atoms with Crippen molar-refractivity contribution in [2.75, 3.05) is 18.4 Å². The van der Waals surface area contributed by atoms with E-state index in [4.69, 9.17) is 11.6 Å². The molecule has 94 valence electrons. The Morgan fingerprint density at radius 2 is 2.00 bits per heavy atom. The van der Waals surface area contributed by atoms with E-state index in [-0.39, 0.29) is 6.03 Å². The molecule has 4 nitrogen and oxygen atoms in total. The summed E-state index contributed by atoms with van der Waals surface area (Å²) in [5, 5.41) is 9.17. The third kappa shape index (κ3) is 5.56. The standard InChI is InChI=1S/C12H18ClN3O/c1-9(2)14-7-8-15-12(17)16-11-6-4-3-5-10(11)13/h3-6,9,14H,7-8H2,1-2H3,(H2,15,16,17). The summed E-state index contributed by atoms with van der Waals surface area (Å²) < 4.78 is 0. The molecule has 17 heavy (non-hydrogen) atoms. The van der Waals surface area contributed by atoms with E-state index in [2.05, 4.69) is 29.8 Å². The van der Waals surface area contributed by atoms with Gasteiger partial charge in [0, 0.05) is 19.1 Å². The first-order valence-corrected chi connectivity index (χ1v) is 6.00. The van der Waals surface area contributed by atoms with Crippen molar-refractivity contribution in [1.82, 2.24) is 10.6 Å². The average molecular weight is 256 g/mol. The van der Waals surface area contributed by atoms with Gasteiger partial charge >= 0.3 is 6.03 Å². The molecule has 1 aromatic rings. The van der Waals surface area contributed by atoms with E-state index in [0.29, 0.717) is 23.3 Å². The number of amides is 2. The zero-order chi connectivity index (χ0) is 12.7. The molecule has 0 saturated carbocycles. The molecule has 0 saturated heterocycles. The van der Waals surface area contributed by atoms with E-state index in [1.807, 2.05) is 12.1 Å². The summed E-state index contributed by atoms with van der Waals surface area (Å²) in [7, 11) is 0. The van der Waals surface area contributed by atoms with Gasteiger partial charge in [0.25, 0.3) is 0 Å². The number of rotatable bonds is 5. The number of halogens is 1. The Bertz CT molecular complexity index is 369. The van der Waals surface area contributed by atoms with E-state index in [0.717, 1.165) is 6.54 Å². The Kier molecular flexibility index (Phi) is 5.80. The molecule has 1 aromatic carbocycles. The smallest absolute Gasteiger partial charge is 0.319 e. The van der Waals surface area contributed by atoms with Crippen molar-refractivity contribution in [3.05, 3.63) is 29.3 Å². The highest BCUT2D eigenvalue weighted by Crippen LogP contribution is 2.19. The number of hydrogen-bond donors (Lipinski definition) is 3. The minimum absolute atomic E-state index is 0.247. The molecule has 1 rings (SSSR count). The molecule has 0 heterocycles. The number of hydrogen-bond acceptors (Lipinski definition) is 2. The minimum Gasteiger partial charge on any atom is -0.337 e. The fourth-order valence-corrected chi connectivity index (χ4v) is 1.45. The number of urea groups is 1. The third-order valence-corrected chi connectivity index (χ3v) is 2.41. The van der Waals surface area contributed by atoms with Crippen molar-refractivity contribution >= 4 is 23.3 Å². The molecule has 0 atom stereocenters. The van der Waals surface area contributed by atoms with Gasteiger partial charge in [-0.15, -0.1) is 0 Å². The quantitative estimate of drug-likeness (QED) is 0.708. The second-order valence-electron chi connectivity index (χ2n) is 3.97. The van der Waals surface area contributed by atoms with Crippen LogP contribution in [0.15, 0.2) is 24.3 Å². The molecule has 0 unspecified atom stereocenters. The second kappa shape index (κ2) is 7.14. The van der Waals surface area contributed by atoms with Crippen LogP contribution in [0.2, 0.25) is 5.02 Å². The number of benzene rings is 1. The van der Waals surface area contributed by atoms with Gasteiger partial charge < -0.3 is 16.0 Å².